The number of rotatable bonds is 0. The minimum absolute atomic E-state index is 0. The number of hydrogen-bond donors (Lipinski definition) is 0. The van der Waals surface area contributed by atoms with Gasteiger partial charge < -0.3 is 0 Å². The van der Waals surface area contributed by atoms with Crippen LogP contribution in [0.5, 0.6) is 0 Å². The third kappa shape index (κ3) is 9.43. The molecular formula is H9P3S. The molecule has 30 valence electrons. The highest BCUT2D eigenvalue weighted by Crippen LogP contribution is 1.86. The van der Waals surface area contributed by atoms with Crippen molar-refractivity contribution in [2.24, 2.45) is 0 Å². The van der Waals surface area contributed by atoms with E-state index in [1.54, 1.807) is 0 Å². The largest absolute Gasteiger partial charge is 0.197 e. The second-order valence-corrected chi connectivity index (χ2v) is 0. The minimum Gasteiger partial charge on any atom is -0.197 e. The van der Waals surface area contributed by atoms with Gasteiger partial charge in [0.05, 0.1) is 0 Å². The van der Waals surface area contributed by atoms with Crippen LogP contribution in [0.4, 0.5) is 0 Å². The monoisotopic (exact) mass is 134 g/mol. The van der Waals surface area contributed by atoms with Gasteiger partial charge in [-0.2, -0.15) is 23.4 Å². The van der Waals surface area contributed by atoms with Crippen molar-refractivity contribution in [1.29, 1.82) is 0 Å². The molecule has 0 spiro atoms. The lowest BCUT2D eigenvalue weighted by Crippen LogP contribution is -0.139. The Kier molecular flexibility index (Phi) is 99.6. The van der Waals surface area contributed by atoms with Gasteiger partial charge in [-0.3, -0.25) is 0 Å². The van der Waals surface area contributed by atoms with E-state index < -0.39 is 0 Å². The Morgan fingerprint density at radius 3 is 1.00 bits per heavy atom. The average Bonchev–Trinajstić information content (AvgIpc) is 1.00. The van der Waals surface area contributed by atoms with Crippen molar-refractivity contribution >= 4 is 41.3 Å². The molecule has 0 aliphatic heterocycles. The molecule has 0 aliphatic rings. The van der Waals surface area contributed by atoms with Gasteiger partial charge >= 0.3 is 0 Å². The van der Waals surface area contributed by atoms with Gasteiger partial charge in [0.25, 0.3) is 0 Å². The zero-order valence-corrected chi connectivity index (χ0v) is 7.09. The molecule has 0 rings (SSSR count). The summed E-state index contributed by atoms with van der Waals surface area (Å²) in [6, 6.07) is 0. The van der Waals surface area contributed by atoms with Gasteiger partial charge in [0, 0.05) is 0 Å². The smallest absolute Gasteiger partial charge is 0.118 e. The van der Waals surface area contributed by atoms with Crippen molar-refractivity contribution < 1.29 is 0 Å². The van der Waals surface area contributed by atoms with Gasteiger partial charge in [0.15, 0.2) is 0 Å². The van der Waals surface area contributed by atoms with Crippen LogP contribution in [-0.2, 0) is 0 Å². The summed E-state index contributed by atoms with van der Waals surface area (Å²) in [6.07, 6.45) is 0. The van der Waals surface area contributed by atoms with Gasteiger partial charge in [-0.15, -0.1) is 17.9 Å². The Morgan fingerprint density at radius 2 is 1.00 bits per heavy atom. The van der Waals surface area contributed by atoms with Crippen LogP contribution in [0.1, 0.15) is 0 Å². The molecule has 3 unspecified atom stereocenters. The first kappa shape index (κ1) is 17.4. The van der Waals surface area contributed by atoms with Crippen molar-refractivity contribution in [3.8, 4) is 0 Å². The van der Waals surface area contributed by atoms with E-state index in [0.29, 0.717) is 0 Å². The first-order valence-electron chi connectivity index (χ1n) is 0.333. The standard InChI is InChI=1S/H4P2.H3P.H2S/c1-2;;/h1-2H2;1H3;1H2. The van der Waals surface area contributed by atoms with E-state index in [2.05, 4.69) is 17.9 Å². The first-order valence-corrected chi connectivity index (χ1v) is 3.00. The van der Waals surface area contributed by atoms with Crippen LogP contribution in [0, 0.1) is 0 Å². The molecule has 0 aromatic carbocycles. The van der Waals surface area contributed by atoms with Crippen molar-refractivity contribution in [3.05, 3.63) is 0 Å². The Hall–Kier alpha value is 1.64. The third-order valence-corrected chi connectivity index (χ3v) is 0. The Bertz CT molecular complexity index is 3.25. The summed E-state index contributed by atoms with van der Waals surface area (Å²) in [5.41, 5.74) is 0. The summed E-state index contributed by atoms with van der Waals surface area (Å²) in [5.74, 6) is 0. The molecule has 0 radical (unpaired) electrons. The Balaban J connectivity index is -0.00000000500. The summed E-state index contributed by atoms with van der Waals surface area (Å²) >= 11 is 0. The predicted octanol–water partition coefficient (Wildman–Crippen LogP) is 0.822. The zero-order chi connectivity index (χ0) is 2.00. The molecule has 0 saturated carbocycles. The SMILES string of the molecule is P.PP.S. The lowest BCUT2D eigenvalue weighted by atomic mass is 30.0. The number of hydrogen-bond acceptors (Lipinski definition) is 0. The van der Waals surface area contributed by atoms with Gasteiger partial charge in [0.1, 0.15) is 0 Å². The van der Waals surface area contributed by atoms with E-state index in [-0.39, 0.29) is 23.4 Å². The minimum atomic E-state index is 0. The van der Waals surface area contributed by atoms with Gasteiger partial charge in [0.2, 0.25) is 0 Å². The van der Waals surface area contributed by atoms with Crippen molar-refractivity contribution in [1.82, 2.24) is 0 Å². The molecule has 4 heavy (non-hydrogen) atoms. The highest BCUT2D eigenvalue weighted by Gasteiger charge is 0.882. The van der Waals surface area contributed by atoms with Crippen LogP contribution in [0.3, 0.4) is 0 Å². The van der Waals surface area contributed by atoms with E-state index in [4.69, 9.17) is 0 Å². The topological polar surface area (TPSA) is 0 Å². The molecule has 4 heteroatoms. The quantitative estimate of drug-likeness (QED) is 0.430. The van der Waals surface area contributed by atoms with Crippen molar-refractivity contribution in [2.45, 2.75) is 0 Å². The predicted molar refractivity (Wildman–Crippen MR) is 40.9 cm³/mol. The molecule has 3 atom stereocenters. The molecule has 0 heterocycles. The Morgan fingerprint density at radius 1 is 1.00 bits per heavy atom. The summed E-state index contributed by atoms with van der Waals surface area (Å²) < 4.78 is 0. The lowest BCUT2D eigenvalue weighted by molar-refractivity contribution is 5.92. The van der Waals surface area contributed by atoms with E-state index in [1.807, 2.05) is 0 Å². The van der Waals surface area contributed by atoms with Gasteiger partial charge in [-0.1, -0.05) is 0 Å². The third-order valence-electron chi connectivity index (χ3n) is 0. The lowest BCUT2D eigenvalue weighted by Gasteiger charge is -1.12. The molecular weight excluding hydrogens is 125 g/mol. The second kappa shape index (κ2) is 22.9. The molecule has 0 aromatic heterocycles. The van der Waals surface area contributed by atoms with E-state index in [0.717, 1.165) is 0 Å². The molecule has 0 bridgehead atoms. The van der Waals surface area contributed by atoms with E-state index >= 15 is 0 Å². The fourth-order valence-electron chi connectivity index (χ4n) is 0. The average molecular weight is 134 g/mol. The first-order chi connectivity index (χ1) is 1.00. The van der Waals surface area contributed by atoms with Crippen molar-refractivity contribution in [2.75, 3.05) is 0 Å². The van der Waals surface area contributed by atoms with Gasteiger partial charge in [-0.25, -0.2) is 0 Å². The van der Waals surface area contributed by atoms with Crippen LogP contribution in [0.25, 0.3) is 0 Å². The molecule has 0 aromatic rings. The molecule has 0 saturated heterocycles. The van der Waals surface area contributed by atoms with Crippen molar-refractivity contribution in [3.63, 3.8) is 0 Å². The van der Waals surface area contributed by atoms with Gasteiger partial charge in [-0.05, 0) is 0 Å². The van der Waals surface area contributed by atoms with Crippen LogP contribution in [0.15, 0.2) is 0 Å². The maximum Gasteiger partial charge on any atom is -0.118 e. The summed E-state index contributed by atoms with van der Waals surface area (Å²) in [6.45, 7) is 0. The maximum atomic E-state index is 2.33. The van der Waals surface area contributed by atoms with Crippen LogP contribution >= 0.6 is 41.3 Å². The molecule has 0 aliphatic carbocycles. The highest BCUT2D eigenvalue weighted by molar-refractivity contribution is 7.92. The molecule has 0 N–H and O–H groups in total. The van der Waals surface area contributed by atoms with E-state index in [9.17, 15) is 0 Å². The summed E-state index contributed by atoms with van der Waals surface area (Å²) in [7, 11) is 4.67. The normalized spacial score (nSPS) is 1.50. The summed E-state index contributed by atoms with van der Waals surface area (Å²) in [5, 5.41) is 0. The Labute approximate surface area is 41.9 Å². The fourth-order valence-corrected chi connectivity index (χ4v) is 0. The van der Waals surface area contributed by atoms with Crippen LogP contribution in [0.2, 0.25) is 0 Å². The molecule has 0 amide bonds. The maximum absolute atomic E-state index is 2.33. The van der Waals surface area contributed by atoms with Crippen LogP contribution < -0.4 is 0 Å². The van der Waals surface area contributed by atoms with E-state index in [1.165, 1.54) is 0 Å². The highest BCUT2D eigenvalue weighted by atomic mass is 32.1. The zero-order valence-electron chi connectivity index (χ0n) is 2.36. The van der Waals surface area contributed by atoms with Crippen LogP contribution in [-0.4, -0.2) is 0 Å². The molecule has 0 nitrogen and oxygen atoms in total. The molecule has 0 fully saturated rings. The second-order valence-electron chi connectivity index (χ2n) is 0. The summed E-state index contributed by atoms with van der Waals surface area (Å²) in [4.78, 5) is 0. The fraction of sp³-hybridized carbons (Fsp3) is 0.